The summed E-state index contributed by atoms with van der Waals surface area (Å²) < 4.78 is 0. The minimum absolute atomic E-state index is 0. The van der Waals surface area contributed by atoms with Gasteiger partial charge in [0, 0.05) is 0 Å². The molecule has 0 aromatic heterocycles. The van der Waals surface area contributed by atoms with Crippen LogP contribution >= 0.6 is 0 Å². The summed E-state index contributed by atoms with van der Waals surface area (Å²) in [4.78, 5) is 0. The molecule has 0 aromatic rings. The van der Waals surface area contributed by atoms with Crippen LogP contribution in [-0.2, 0) is 17.4 Å². The Morgan fingerprint density at radius 3 is 1.09 bits per heavy atom. The van der Waals surface area contributed by atoms with Crippen molar-refractivity contribution in [3.63, 3.8) is 0 Å². The fourth-order valence-corrected chi connectivity index (χ4v) is 0.222. The number of hydrogen-bond acceptors (Lipinski definition) is 0. The van der Waals surface area contributed by atoms with E-state index in [0.29, 0.717) is 0 Å². The molecule has 0 amide bonds. The Morgan fingerprint density at radius 1 is 0.818 bits per heavy atom. The van der Waals surface area contributed by atoms with Crippen LogP contribution in [0.5, 0.6) is 0 Å². The van der Waals surface area contributed by atoms with Gasteiger partial charge in [-0.05, 0) is 0 Å². The van der Waals surface area contributed by atoms with Gasteiger partial charge >= 0.3 is 17.4 Å². The quantitative estimate of drug-likeness (QED) is 0.459. The molecule has 0 N–H and O–H groups in total. The molecule has 0 aliphatic carbocycles. The zero-order valence-electron chi connectivity index (χ0n) is 7.03. The molecular formula is C10H14Cr. The van der Waals surface area contributed by atoms with E-state index in [1.807, 2.05) is 26.0 Å². The Kier molecular flexibility index (Phi) is 34.7. The summed E-state index contributed by atoms with van der Waals surface area (Å²) in [6.07, 6.45) is 10.3. The van der Waals surface area contributed by atoms with Crippen molar-refractivity contribution < 1.29 is 17.4 Å². The molecule has 0 spiro atoms. The minimum Gasteiger partial charge on any atom is -0.293 e. The maximum Gasteiger partial charge on any atom is 2.00 e. The van der Waals surface area contributed by atoms with Gasteiger partial charge in [-0.15, -0.1) is 0 Å². The summed E-state index contributed by atoms with van der Waals surface area (Å²) >= 11 is 0. The van der Waals surface area contributed by atoms with E-state index in [1.54, 1.807) is 12.2 Å². The van der Waals surface area contributed by atoms with Gasteiger partial charge < -0.3 is 0 Å². The van der Waals surface area contributed by atoms with Crippen molar-refractivity contribution in [3.8, 4) is 0 Å². The fraction of sp³-hybridized carbons (Fsp3) is 0.200. The summed E-state index contributed by atoms with van der Waals surface area (Å²) in [6.45, 7) is 13.7. The van der Waals surface area contributed by atoms with Crippen molar-refractivity contribution in [2.75, 3.05) is 0 Å². The zero-order valence-corrected chi connectivity index (χ0v) is 8.30. The van der Waals surface area contributed by atoms with Crippen LogP contribution in [0.4, 0.5) is 0 Å². The monoisotopic (exact) mass is 186 g/mol. The average molecular weight is 186 g/mol. The molecule has 0 fully saturated rings. The predicted octanol–water partition coefficient (Wildman–Crippen LogP) is 3.10. The smallest absolute Gasteiger partial charge is 0.293 e. The second kappa shape index (κ2) is 22.7. The van der Waals surface area contributed by atoms with Crippen LogP contribution in [0.15, 0.2) is 36.5 Å². The van der Waals surface area contributed by atoms with Crippen LogP contribution in [0.3, 0.4) is 0 Å². The number of hydrogen-bond donors (Lipinski definition) is 0. The Morgan fingerprint density at radius 2 is 1.09 bits per heavy atom. The largest absolute Gasteiger partial charge is 2.00 e. The van der Waals surface area contributed by atoms with Gasteiger partial charge in [0.15, 0.2) is 0 Å². The molecule has 0 unspecified atom stereocenters. The van der Waals surface area contributed by atoms with E-state index in [9.17, 15) is 0 Å². The average Bonchev–Trinajstić information content (AvgIpc) is 1.93. The molecule has 0 rings (SSSR count). The molecule has 0 aromatic carbocycles. The van der Waals surface area contributed by atoms with Crippen LogP contribution in [0.2, 0.25) is 0 Å². The van der Waals surface area contributed by atoms with Gasteiger partial charge in [0.1, 0.15) is 0 Å². The van der Waals surface area contributed by atoms with Gasteiger partial charge in [-0.3, -0.25) is 13.2 Å². The molecule has 0 radical (unpaired) electrons. The van der Waals surface area contributed by atoms with Crippen molar-refractivity contribution >= 4 is 0 Å². The van der Waals surface area contributed by atoms with E-state index < -0.39 is 0 Å². The molecule has 0 saturated carbocycles. The number of rotatable bonds is 2. The third-order valence-electron chi connectivity index (χ3n) is 0.607. The van der Waals surface area contributed by atoms with Crippen molar-refractivity contribution in [1.29, 1.82) is 0 Å². The maximum absolute atomic E-state index is 4.93. The SMILES string of the molecule is [CH-]=CC=CC.[CH-]=CC=CC.[Cr+2]. The van der Waals surface area contributed by atoms with Gasteiger partial charge in [0.2, 0.25) is 0 Å². The van der Waals surface area contributed by atoms with Crippen molar-refractivity contribution in [1.82, 2.24) is 0 Å². The maximum atomic E-state index is 4.93. The van der Waals surface area contributed by atoms with Gasteiger partial charge in [0.05, 0.1) is 0 Å². The van der Waals surface area contributed by atoms with E-state index in [-0.39, 0.29) is 17.4 Å². The van der Waals surface area contributed by atoms with Crippen molar-refractivity contribution in [2.45, 2.75) is 13.8 Å². The van der Waals surface area contributed by atoms with Gasteiger partial charge in [-0.1, -0.05) is 13.8 Å². The molecular weight excluding hydrogens is 172 g/mol. The Hall–Kier alpha value is -0.508. The first-order valence-electron chi connectivity index (χ1n) is 3.15. The van der Waals surface area contributed by atoms with Crippen molar-refractivity contribution in [2.24, 2.45) is 0 Å². The minimum atomic E-state index is 0. The van der Waals surface area contributed by atoms with Crippen molar-refractivity contribution in [3.05, 3.63) is 49.6 Å². The Balaban J connectivity index is -0.000000107. The van der Waals surface area contributed by atoms with E-state index in [0.717, 1.165) is 0 Å². The first-order chi connectivity index (χ1) is 4.83. The van der Waals surface area contributed by atoms with Crippen LogP contribution in [-0.4, -0.2) is 0 Å². The normalized spacial score (nSPS) is 8.18. The van der Waals surface area contributed by atoms with Gasteiger partial charge in [0.25, 0.3) is 0 Å². The molecule has 0 nitrogen and oxygen atoms in total. The Bertz CT molecular complexity index is 105. The molecule has 0 aliphatic heterocycles. The standard InChI is InChI=1S/2C5H7.Cr/c2*1-3-5-4-2;/h2*1,3-5H,2H3;/q2*-1;+2. The predicted molar refractivity (Wildman–Crippen MR) is 47.4 cm³/mol. The molecule has 0 heterocycles. The van der Waals surface area contributed by atoms with Crippen LogP contribution < -0.4 is 0 Å². The van der Waals surface area contributed by atoms with Gasteiger partial charge in [-0.25, -0.2) is 24.3 Å². The number of allylic oxidation sites excluding steroid dienone is 6. The summed E-state index contributed by atoms with van der Waals surface area (Å²) in [7, 11) is 0. The third-order valence-corrected chi connectivity index (χ3v) is 0.607. The van der Waals surface area contributed by atoms with E-state index in [1.165, 1.54) is 12.2 Å². The van der Waals surface area contributed by atoms with E-state index in [2.05, 4.69) is 0 Å². The summed E-state index contributed by atoms with van der Waals surface area (Å²) in [6, 6.07) is 0. The van der Waals surface area contributed by atoms with Crippen LogP contribution in [0.1, 0.15) is 13.8 Å². The Labute approximate surface area is 81.1 Å². The molecule has 11 heavy (non-hydrogen) atoms. The fourth-order valence-electron chi connectivity index (χ4n) is 0.222. The third kappa shape index (κ3) is 43.7. The summed E-state index contributed by atoms with van der Waals surface area (Å²) in [5.74, 6) is 0. The molecule has 1 heteroatoms. The molecule has 0 aliphatic rings. The topological polar surface area (TPSA) is 0 Å². The molecule has 60 valence electrons. The van der Waals surface area contributed by atoms with Crippen LogP contribution in [0.25, 0.3) is 0 Å². The summed E-state index contributed by atoms with van der Waals surface area (Å²) in [5, 5.41) is 0. The first-order valence-corrected chi connectivity index (χ1v) is 3.15. The molecule has 0 saturated heterocycles. The molecule has 0 bridgehead atoms. The second-order valence-corrected chi connectivity index (χ2v) is 1.44. The van der Waals surface area contributed by atoms with E-state index in [4.69, 9.17) is 13.2 Å². The second-order valence-electron chi connectivity index (χ2n) is 1.44. The van der Waals surface area contributed by atoms with Gasteiger partial charge in [-0.2, -0.15) is 12.2 Å². The first kappa shape index (κ1) is 16.8. The van der Waals surface area contributed by atoms with Crippen LogP contribution in [0, 0.1) is 13.2 Å². The zero-order chi connectivity index (χ0) is 8.24. The summed E-state index contributed by atoms with van der Waals surface area (Å²) in [5.41, 5.74) is 0. The van der Waals surface area contributed by atoms with E-state index >= 15 is 0 Å². The molecule has 0 atom stereocenters.